The molecule has 0 atom stereocenters. The quantitative estimate of drug-likeness (QED) is 0.586. The van der Waals surface area contributed by atoms with E-state index in [4.69, 9.17) is 24.2 Å². The Hall–Kier alpha value is -3.62. The fourth-order valence-electron chi connectivity index (χ4n) is 3.68. The Labute approximate surface area is 199 Å². The molecule has 198 valence electrons. The summed E-state index contributed by atoms with van der Waals surface area (Å²) >= 11 is 0. The molecule has 0 unspecified atom stereocenters. The van der Waals surface area contributed by atoms with Gasteiger partial charge in [-0.05, 0) is 30.7 Å². The number of nitrogens with zero attached hydrogens (tertiary/aromatic N) is 3. The maximum Gasteiger partial charge on any atom is 0.490 e. The van der Waals surface area contributed by atoms with E-state index in [1.807, 2.05) is 29.2 Å². The molecule has 0 saturated carbocycles. The number of carboxylic acids is 2. The van der Waals surface area contributed by atoms with Crippen LogP contribution in [0.3, 0.4) is 0 Å². The Morgan fingerprint density at radius 2 is 1.56 bits per heavy atom. The van der Waals surface area contributed by atoms with Crippen molar-refractivity contribution in [2.45, 2.75) is 25.3 Å². The first-order valence-corrected chi connectivity index (χ1v) is 10.2. The Balaban J connectivity index is 0.000000271. The van der Waals surface area contributed by atoms with Gasteiger partial charge in [-0.25, -0.2) is 9.59 Å². The van der Waals surface area contributed by atoms with E-state index in [1.54, 1.807) is 18.7 Å². The third kappa shape index (κ3) is 8.25. The van der Waals surface area contributed by atoms with Crippen LogP contribution in [0, 0.1) is 5.41 Å². The van der Waals surface area contributed by atoms with Gasteiger partial charge in [0, 0.05) is 44.0 Å². The molecule has 2 aromatic rings. The lowest BCUT2D eigenvalue weighted by Crippen LogP contribution is -2.57. The van der Waals surface area contributed by atoms with Gasteiger partial charge in [0.15, 0.2) is 0 Å². The number of furan rings is 1. The van der Waals surface area contributed by atoms with E-state index < -0.39 is 24.3 Å². The number of carbonyl (C=O) groups is 3. The molecule has 9 nitrogen and oxygen atoms in total. The zero-order valence-electron chi connectivity index (χ0n) is 18.4. The highest BCUT2D eigenvalue weighted by Crippen LogP contribution is 2.40. The number of carboxylic acid groups (broad SMARTS) is 2. The molecule has 4 rings (SSSR count). The SMILES string of the molecule is O=C(O)C(F)(F)F.O=C(O)C(F)(F)F.O=C(c1cccnc1)N1CCC2(CN(Cc3ccco3)C2)C1. The van der Waals surface area contributed by atoms with Crippen LogP contribution < -0.4 is 0 Å². The predicted octanol–water partition coefficient (Wildman–Crippen LogP) is 3.29. The van der Waals surface area contributed by atoms with E-state index in [9.17, 15) is 31.1 Å². The Morgan fingerprint density at radius 1 is 0.972 bits per heavy atom. The summed E-state index contributed by atoms with van der Waals surface area (Å²) in [5, 5.41) is 14.2. The van der Waals surface area contributed by atoms with E-state index in [2.05, 4.69) is 9.88 Å². The van der Waals surface area contributed by atoms with Crippen LogP contribution in [0.1, 0.15) is 22.5 Å². The van der Waals surface area contributed by atoms with Gasteiger partial charge in [0.2, 0.25) is 0 Å². The third-order valence-corrected chi connectivity index (χ3v) is 5.20. The Kier molecular flexibility index (Phi) is 9.07. The monoisotopic (exact) mass is 525 g/mol. The number of aromatic nitrogens is 1. The zero-order valence-corrected chi connectivity index (χ0v) is 18.4. The van der Waals surface area contributed by atoms with Gasteiger partial charge in [0.1, 0.15) is 5.76 Å². The van der Waals surface area contributed by atoms with Crippen LogP contribution in [0.2, 0.25) is 0 Å². The van der Waals surface area contributed by atoms with Gasteiger partial charge in [0.25, 0.3) is 5.91 Å². The average molecular weight is 525 g/mol. The van der Waals surface area contributed by atoms with Crippen LogP contribution in [-0.4, -0.2) is 81.4 Å². The van der Waals surface area contributed by atoms with Crippen LogP contribution in [-0.2, 0) is 16.1 Å². The maximum absolute atomic E-state index is 12.5. The van der Waals surface area contributed by atoms with Crippen molar-refractivity contribution < 1.29 is 55.4 Å². The second kappa shape index (κ2) is 11.4. The molecule has 1 amide bonds. The minimum atomic E-state index is -5.08. The lowest BCUT2D eigenvalue weighted by molar-refractivity contribution is -0.193. The first-order valence-electron chi connectivity index (χ1n) is 10.2. The maximum atomic E-state index is 12.5. The first-order chi connectivity index (χ1) is 16.6. The summed E-state index contributed by atoms with van der Waals surface area (Å²) in [5.74, 6) is -4.40. The molecular weight excluding hydrogens is 504 g/mol. The summed E-state index contributed by atoms with van der Waals surface area (Å²) in [7, 11) is 0. The van der Waals surface area contributed by atoms with E-state index in [1.165, 1.54) is 0 Å². The van der Waals surface area contributed by atoms with Gasteiger partial charge in [-0.2, -0.15) is 26.3 Å². The molecular formula is C21H21F6N3O6. The van der Waals surface area contributed by atoms with Crippen LogP contribution in [0.25, 0.3) is 0 Å². The van der Waals surface area contributed by atoms with Gasteiger partial charge in [-0.3, -0.25) is 14.7 Å². The summed E-state index contributed by atoms with van der Waals surface area (Å²) in [6.45, 7) is 4.66. The summed E-state index contributed by atoms with van der Waals surface area (Å²) in [4.78, 5) is 38.7. The molecule has 0 radical (unpaired) electrons. The minimum Gasteiger partial charge on any atom is -0.475 e. The number of carbonyl (C=O) groups excluding carboxylic acids is 1. The van der Waals surface area contributed by atoms with E-state index >= 15 is 0 Å². The van der Waals surface area contributed by atoms with Crippen molar-refractivity contribution in [3.8, 4) is 0 Å². The lowest BCUT2D eigenvalue weighted by atomic mass is 9.79. The number of alkyl halides is 6. The smallest absolute Gasteiger partial charge is 0.475 e. The average Bonchev–Trinajstić information content (AvgIpc) is 3.44. The molecule has 2 aliphatic rings. The van der Waals surface area contributed by atoms with Crippen molar-refractivity contribution >= 4 is 17.8 Å². The van der Waals surface area contributed by atoms with Gasteiger partial charge in [-0.1, -0.05) is 0 Å². The van der Waals surface area contributed by atoms with Crippen molar-refractivity contribution in [1.82, 2.24) is 14.8 Å². The number of halogens is 6. The second-order valence-corrected chi connectivity index (χ2v) is 8.05. The molecule has 0 bridgehead atoms. The van der Waals surface area contributed by atoms with Crippen molar-refractivity contribution in [3.63, 3.8) is 0 Å². The van der Waals surface area contributed by atoms with Gasteiger partial charge < -0.3 is 19.5 Å². The molecule has 2 fully saturated rings. The molecule has 15 heteroatoms. The van der Waals surface area contributed by atoms with Gasteiger partial charge in [-0.15, -0.1) is 0 Å². The number of likely N-dealkylation sites (tertiary alicyclic amines) is 2. The standard InChI is InChI=1S/C17H19N3O2.2C2HF3O2/c21-16(14-3-1-6-18-9-14)20-7-5-17(13-20)11-19(12-17)10-15-4-2-8-22-15;2*3-2(4,5)1(6)7/h1-4,6,8-9H,5,7,10-13H2;2*(H,6,7). The van der Waals surface area contributed by atoms with Gasteiger partial charge >= 0.3 is 24.3 Å². The molecule has 0 aromatic carbocycles. The largest absolute Gasteiger partial charge is 0.490 e. The minimum absolute atomic E-state index is 0.106. The molecule has 2 aliphatic heterocycles. The third-order valence-electron chi connectivity index (χ3n) is 5.20. The first kappa shape index (κ1) is 28.6. The summed E-state index contributed by atoms with van der Waals surface area (Å²) < 4.78 is 68.9. The topological polar surface area (TPSA) is 124 Å². The van der Waals surface area contributed by atoms with Crippen LogP contribution in [0.4, 0.5) is 26.3 Å². The Morgan fingerprint density at radius 3 is 2.00 bits per heavy atom. The number of rotatable bonds is 3. The van der Waals surface area contributed by atoms with E-state index in [0.29, 0.717) is 5.56 Å². The fraction of sp³-hybridized carbons (Fsp3) is 0.429. The number of hydrogen-bond acceptors (Lipinski definition) is 6. The summed E-state index contributed by atoms with van der Waals surface area (Å²) in [5.41, 5.74) is 0.969. The highest BCUT2D eigenvalue weighted by atomic mass is 19.4. The van der Waals surface area contributed by atoms with Gasteiger partial charge in [0.05, 0.1) is 18.4 Å². The molecule has 2 N–H and O–H groups in total. The molecule has 0 aliphatic carbocycles. The lowest BCUT2D eigenvalue weighted by Gasteiger charge is -2.47. The molecule has 36 heavy (non-hydrogen) atoms. The second-order valence-electron chi connectivity index (χ2n) is 8.05. The normalized spacial score (nSPS) is 16.8. The number of hydrogen-bond donors (Lipinski definition) is 2. The summed E-state index contributed by atoms with van der Waals surface area (Å²) in [6.07, 6.45) is -4.01. The zero-order chi connectivity index (χ0) is 27.1. The predicted molar refractivity (Wildman–Crippen MR) is 109 cm³/mol. The number of pyridine rings is 1. The van der Waals surface area contributed by atoms with Crippen molar-refractivity contribution in [3.05, 3.63) is 54.2 Å². The number of amides is 1. The number of aliphatic carboxylic acids is 2. The van der Waals surface area contributed by atoms with E-state index in [0.717, 1.165) is 44.9 Å². The van der Waals surface area contributed by atoms with Crippen molar-refractivity contribution in [2.24, 2.45) is 5.41 Å². The molecule has 1 spiro atoms. The van der Waals surface area contributed by atoms with Crippen LogP contribution >= 0.6 is 0 Å². The highest BCUT2D eigenvalue weighted by molar-refractivity contribution is 5.94. The highest BCUT2D eigenvalue weighted by Gasteiger charge is 2.48. The van der Waals surface area contributed by atoms with Crippen molar-refractivity contribution in [2.75, 3.05) is 26.2 Å². The van der Waals surface area contributed by atoms with E-state index in [-0.39, 0.29) is 11.3 Å². The summed E-state index contributed by atoms with van der Waals surface area (Å²) in [6, 6.07) is 7.59. The Bertz CT molecular complexity index is 997. The molecule has 2 saturated heterocycles. The molecule has 4 heterocycles. The van der Waals surface area contributed by atoms with Crippen molar-refractivity contribution in [1.29, 1.82) is 0 Å². The molecule has 2 aromatic heterocycles. The van der Waals surface area contributed by atoms with Crippen LogP contribution in [0.15, 0.2) is 47.3 Å². The fourth-order valence-corrected chi connectivity index (χ4v) is 3.68. The van der Waals surface area contributed by atoms with Crippen LogP contribution in [0.5, 0.6) is 0 Å².